The lowest BCUT2D eigenvalue weighted by atomic mass is 10.2. The Kier molecular flexibility index (Phi) is 10.3. The predicted molar refractivity (Wildman–Crippen MR) is 124 cm³/mol. The van der Waals surface area contributed by atoms with Crippen LogP contribution >= 0.6 is 0 Å². The van der Waals surface area contributed by atoms with Gasteiger partial charge in [0.05, 0.1) is 31.5 Å². The summed E-state index contributed by atoms with van der Waals surface area (Å²) < 4.78 is 20.4. The van der Waals surface area contributed by atoms with Gasteiger partial charge in [0.1, 0.15) is 23.9 Å². The van der Waals surface area contributed by atoms with Crippen molar-refractivity contribution in [2.24, 2.45) is 0 Å². The van der Waals surface area contributed by atoms with Gasteiger partial charge in [-0.25, -0.2) is 9.59 Å². The van der Waals surface area contributed by atoms with Crippen LogP contribution in [0.15, 0.2) is 72.8 Å². The Hall–Kier alpha value is -4.00. The lowest BCUT2D eigenvalue weighted by molar-refractivity contribution is 0.0516. The Morgan fingerprint density at radius 1 is 0.697 bits per heavy atom. The summed E-state index contributed by atoms with van der Waals surface area (Å²) >= 11 is 0. The van der Waals surface area contributed by atoms with E-state index >= 15 is 0 Å². The quantitative estimate of drug-likeness (QED) is 0.480. The molecule has 0 aliphatic rings. The predicted octanol–water partition coefficient (Wildman–Crippen LogP) is 5.02. The lowest BCUT2D eigenvalue weighted by Crippen LogP contribution is -2.04. The zero-order valence-electron chi connectivity index (χ0n) is 18.9. The first-order valence-electron chi connectivity index (χ1n) is 10.5. The molecule has 3 aromatic carbocycles. The van der Waals surface area contributed by atoms with Crippen molar-refractivity contribution in [2.45, 2.75) is 20.5 Å². The van der Waals surface area contributed by atoms with Crippen molar-refractivity contribution >= 4 is 11.9 Å². The van der Waals surface area contributed by atoms with E-state index < -0.39 is 0 Å². The summed E-state index contributed by atoms with van der Waals surface area (Å²) in [6.07, 6.45) is 0. The van der Waals surface area contributed by atoms with E-state index in [9.17, 15) is 9.59 Å². The van der Waals surface area contributed by atoms with E-state index in [0.717, 1.165) is 11.3 Å². The van der Waals surface area contributed by atoms with Crippen molar-refractivity contribution in [3.63, 3.8) is 0 Å². The van der Waals surface area contributed by atoms with Gasteiger partial charge < -0.3 is 24.1 Å². The van der Waals surface area contributed by atoms with Gasteiger partial charge in [-0.2, -0.15) is 0 Å². The lowest BCUT2D eigenvalue weighted by Gasteiger charge is -2.08. The number of carbonyl (C=O) groups is 2. The van der Waals surface area contributed by atoms with E-state index in [1.54, 1.807) is 45.2 Å². The van der Waals surface area contributed by atoms with Crippen LogP contribution in [0.25, 0.3) is 0 Å². The first-order chi connectivity index (χ1) is 16.0. The maximum atomic E-state index is 11.5. The van der Waals surface area contributed by atoms with Gasteiger partial charge in [-0.05, 0) is 80.1 Å². The molecule has 0 spiro atoms. The Balaban J connectivity index is 0.000000273. The van der Waals surface area contributed by atoms with Gasteiger partial charge in [-0.1, -0.05) is 12.1 Å². The maximum Gasteiger partial charge on any atom is 0.338 e. The zero-order valence-corrected chi connectivity index (χ0v) is 18.9. The largest absolute Gasteiger partial charge is 0.508 e. The molecule has 0 aliphatic heterocycles. The van der Waals surface area contributed by atoms with Crippen LogP contribution in [0.2, 0.25) is 0 Å². The molecule has 3 rings (SSSR count). The van der Waals surface area contributed by atoms with Crippen LogP contribution < -0.4 is 9.47 Å². The molecule has 0 saturated carbocycles. The van der Waals surface area contributed by atoms with Crippen LogP contribution in [0, 0.1) is 0 Å². The van der Waals surface area contributed by atoms with Gasteiger partial charge in [0.25, 0.3) is 0 Å². The fourth-order valence-corrected chi connectivity index (χ4v) is 2.60. The second-order valence-corrected chi connectivity index (χ2v) is 6.65. The number of benzene rings is 3. The van der Waals surface area contributed by atoms with E-state index in [4.69, 9.17) is 24.1 Å². The standard InChI is InChI=1S/C17H18O4.C9H10O3/c1-3-20-17(18)14-6-10-16(11-7-14)21-12-13-4-8-15(19-2)9-5-13;1-2-12-9(11)7-3-5-8(10)6-4-7/h4-11H,3,12H2,1-2H3;3-6,10H,2H2,1H3. The average molecular weight is 453 g/mol. The minimum atomic E-state index is -0.363. The molecule has 7 heteroatoms. The van der Waals surface area contributed by atoms with Gasteiger partial charge in [0, 0.05) is 0 Å². The first-order valence-corrected chi connectivity index (χ1v) is 10.5. The van der Waals surface area contributed by atoms with Crippen LogP contribution in [0.3, 0.4) is 0 Å². The Bertz CT molecular complexity index is 994. The zero-order chi connectivity index (χ0) is 24.1. The minimum absolute atomic E-state index is 0.142. The molecule has 0 aromatic heterocycles. The number of phenolic OH excluding ortho intramolecular Hbond substituents is 1. The van der Waals surface area contributed by atoms with Crippen molar-refractivity contribution in [3.8, 4) is 17.2 Å². The summed E-state index contributed by atoms with van der Waals surface area (Å²) in [5.41, 5.74) is 2.02. The summed E-state index contributed by atoms with van der Waals surface area (Å²) in [6.45, 7) is 4.72. The van der Waals surface area contributed by atoms with Gasteiger partial charge in [0.15, 0.2) is 0 Å². The summed E-state index contributed by atoms with van der Waals surface area (Å²) in [6, 6.07) is 20.5. The molecule has 0 atom stereocenters. The number of methoxy groups -OCH3 is 1. The van der Waals surface area contributed by atoms with E-state index in [1.165, 1.54) is 24.3 Å². The summed E-state index contributed by atoms with van der Waals surface area (Å²) in [5, 5.41) is 8.92. The summed E-state index contributed by atoms with van der Waals surface area (Å²) in [7, 11) is 1.64. The van der Waals surface area contributed by atoms with Crippen LogP contribution in [-0.4, -0.2) is 37.4 Å². The summed E-state index contributed by atoms with van der Waals surface area (Å²) in [5.74, 6) is 0.983. The fourth-order valence-electron chi connectivity index (χ4n) is 2.60. The number of phenols is 1. The normalized spacial score (nSPS) is 9.79. The van der Waals surface area contributed by atoms with Crippen molar-refractivity contribution in [1.29, 1.82) is 0 Å². The molecule has 0 amide bonds. The van der Waals surface area contributed by atoms with Crippen molar-refractivity contribution in [2.75, 3.05) is 20.3 Å². The number of hydrogen-bond donors (Lipinski definition) is 1. The topological polar surface area (TPSA) is 91.3 Å². The van der Waals surface area contributed by atoms with Gasteiger partial charge in [-0.15, -0.1) is 0 Å². The molecule has 0 aliphatic carbocycles. The van der Waals surface area contributed by atoms with E-state index in [-0.39, 0.29) is 17.7 Å². The molecular formula is C26H28O7. The highest BCUT2D eigenvalue weighted by Crippen LogP contribution is 2.17. The third-order valence-electron chi connectivity index (χ3n) is 4.31. The minimum Gasteiger partial charge on any atom is -0.508 e. The smallest absolute Gasteiger partial charge is 0.338 e. The number of rotatable bonds is 8. The Morgan fingerprint density at radius 2 is 1.15 bits per heavy atom. The summed E-state index contributed by atoms with van der Waals surface area (Å²) in [4.78, 5) is 22.6. The number of esters is 2. The molecule has 0 radical (unpaired) electrons. The van der Waals surface area contributed by atoms with Crippen LogP contribution in [-0.2, 0) is 16.1 Å². The number of hydrogen-bond acceptors (Lipinski definition) is 7. The molecule has 3 aromatic rings. The molecule has 174 valence electrons. The van der Waals surface area contributed by atoms with Crippen LogP contribution in [0.4, 0.5) is 0 Å². The Morgan fingerprint density at radius 3 is 1.61 bits per heavy atom. The molecule has 1 N–H and O–H groups in total. The number of ether oxygens (including phenoxy) is 4. The molecule has 0 heterocycles. The van der Waals surface area contributed by atoms with Crippen LogP contribution in [0.1, 0.15) is 40.1 Å². The second-order valence-electron chi connectivity index (χ2n) is 6.65. The fraction of sp³-hybridized carbons (Fsp3) is 0.231. The van der Waals surface area contributed by atoms with Crippen molar-refractivity contribution in [1.82, 2.24) is 0 Å². The number of carbonyl (C=O) groups excluding carboxylic acids is 2. The van der Waals surface area contributed by atoms with Gasteiger partial charge in [-0.3, -0.25) is 0 Å². The van der Waals surface area contributed by atoms with Gasteiger partial charge in [0.2, 0.25) is 0 Å². The molecule has 33 heavy (non-hydrogen) atoms. The third-order valence-corrected chi connectivity index (χ3v) is 4.31. The first kappa shape index (κ1) is 25.3. The molecule has 7 nitrogen and oxygen atoms in total. The van der Waals surface area contributed by atoms with E-state index in [0.29, 0.717) is 36.7 Å². The molecular weight excluding hydrogens is 424 g/mol. The molecule has 0 bridgehead atoms. The van der Waals surface area contributed by atoms with Crippen molar-refractivity contribution in [3.05, 3.63) is 89.5 Å². The maximum absolute atomic E-state index is 11.5. The molecule has 0 fully saturated rings. The van der Waals surface area contributed by atoms with E-state index in [2.05, 4.69) is 0 Å². The highest BCUT2D eigenvalue weighted by molar-refractivity contribution is 5.89. The number of aromatic hydroxyl groups is 1. The highest BCUT2D eigenvalue weighted by Gasteiger charge is 2.06. The average Bonchev–Trinajstić information content (AvgIpc) is 2.84. The Labute approximate surface area is 193 Å². The van der Waals surface area contributed by atoms with Crippen molar-refractivity contribution < 1.29 is 33.6 Å². The van der Waals surface area contributed by atoms with Gasteiger partial charge >= 0.3 is 11.9 Å². The van der Waals surface area contributed by atoms with E-state index in [1.807, 2.05) is 24.3 Å². The molecule has 0 unspecified atom stereocenters. The monoisotopic (exact) mass is 452 g/mol. The van der Waals surface area contributed by atoms with Crippen LogP contribution in [0.5, 0.6) is 17.2 Å². The highest BCUT2D eigenvalue weighted by atomic mass is 16.5. The second kappa shape index (κ2) is 13.4. The molecule has 0 saturated heterocycles. The third kappa shape index (κ3) is 8.57. The SMILES string of the molecule is CCOC(=O)c1ccc(O)cc1.CCOC(=O)c1ccc(OCc2ccc(OC)cc2)cc1.